The van der Waals surface area contributed by atoms with Gasteiger partial charge in [-0.15, -0.1) is 0 Å². The Hall–Kier alpha value is -1.90. The highest BCUT2D eigenvalue weighted by Crippen LogP contribution is 2.28. The molecule has 0 bridgehead atoms. The van der Waals surface area contributed by atoms with E-state index < -0.39 is 10.0 Å². The highest BCUT2D eigenvalue weighted by atomic mass is 79.9. The van der Waals surface area contributed by atoms with Crippen LogP contribution in [0.15, 0.2) is 51.8 Å². The zero-order valence-corrected chi connectivity index (χ0v) is 18.9. The third kappa shape index (κ3) is 4.99. The molecular weight excluding hydrogens is 456 g/mol. The lowest BCUT2D eigenvalue weighted by Gasteiger charge is -2.30. The molecule has 0 atom stereocenters. The van der Waals surface area contributed by atoms with Crippen LogP contribution in [-0.4, -0.2) is 38.3 Å². The second-order valence-electron chi connectivity index (χ2n) is 7.01. The molecule has 156 valence electrons. The maximum Gasteiger partial charge on any atom is 0.243 e. The van der Waals surface area contributed by atoms with Crippen molar-refractivity contribution in [3.63, 3.8) is 0 Å². The smallest absolute Gasteiger partial charge is 0.243 e. The van der Waals surface area contributed by atoms with Crippen LogP contribution in [0.1, 0.15) is 25.3 Å². The molecule has 2 aromatic carbocycles. The fourth-order valence-corrected chi connectivity index (χ4v) is 5.34. The molecule has 1 N–H and O–H groups in total. The van der Waals surface area contributed by atoms with Crippen molar-refractivity contribution in [2.45, 2.75) is 31.6 Å². The molecule has 0 spiro atoms. The summed E-state index contributed by atoms with van der Waals surface area (Å²) in [6.45, 7) is 4.90. The molecule has 1 amide bonds. The molecule has 6 nitrogen and oxygen atoms in total. The number of nitrogens with one attached hydrogen (secondary N) is 1. The van der Waals surface area contributed by atoms with Gasteiger partial charge in [-0.2, -0.15) is 4.31 Å². The molecule has 2 aromatic rings. The number of carbonyl (C=O) groups is 1. The topological polar surface area (TPSA) is 75.7 Å². The minimum absolute atomic E-state index is 0.0779. The molecule has 1 aliphatic heterocycles. The summed E-state index contributed by atoms with van der Waals surface area (Å²) in [6, 6.07) is 12.4. The quantitative estimate of drug-likeness (QED) is 0.671. The van der Waals surface area contributed by atoms with Gasteiger partial charge >= 0.3 is 0 Å². The van der Waals surface area contributed by atoms with Gasteiger partial charge in [-0.3, -0.25) is 4.79 Å². The summed E-state index contributed by atoms with van der Waals surface area (Å²) in [5.41, 5.74) is 1.51. The van der Waals surface area contributed by atoms with Crippen molar-refractivity contribution in [2.75, 3.05) is 25.0 Å². The van der Waals surface area contributed by atoms with E-state index in [1.807, 2.05) is 38.1 Å². The third-order valence-electron chi connectivity index (χ3n) is 5.04. The van der Waals surface area contributed by atoms with E-state index in [9.17, 15) is 13.2 Å². The Balaban J connectivity index is 1.64. The lowest BCUT2D eigenvalue weighted by Crippen LogP contribution is -2.41. The van der Waals surface area contributed by atoms with E-state index in [2.05, 4.69) is 21.2 Å². The molecule has 1 heterocycles. The number of sulfonamides is 1. The first-order valence-corrected chi connectivity index (χ1v) is 11.8. The van der Waals surface area contributed by atoms with Crippen molar-refractivity contribution in [3.05, 3.63) is 52.5 Å². The fraction of sp³-hybridized carbons (Fsp3) is 0.381. The second-order valence-corrected chi connectivity index (χ2v) is 9.80. The first-order chi connectivity index (χ1) is 13.8. The van der Waals surface area contributed by atoms with E-state index in [1.165, 1.54) is 4.31 Å². The predicted octanol–water partition coefficient (Wildman–Crippen LogP) is 4.20. The largest absolute Gasteiger partial charge is 0.494 e. The molecule has 1 aliphatic rings. The van der Waals surface area contributed by atoms with Crippen LogP contribution >= 0.6 is 15.9 Å². The average Bonchev–Trinajstić information content (AvgIpc) is 2.71. The number of amides is 1. The molecule has 8 heteroatoms. The molecule has 0 saturated carbocycles. The van der Waals surface area contributed by atoms with E-state index in [0.29, 0.717) is 38.3 Å². The number of anilines is 1. The molecule has 1 fully saturated rings. The van der Waals surface area contributed by atoms with E-state index in [1.54, 1.807) is 18.2 Å². The third-order valence-corrected chi connectivity index (χ3v) is 7.63. The molecule has 1 saturated heterocycles. The Morgan fingerprint density at radius 3 is 2.52 bits per heavy atom. The van der Waals surface area contributed by atoms with Gasteiger partial charge in [0.05, 0.1) is 17.2 Å². The number of hydrogen-bond acceptors (Lipinski definition) is 4. The summed E-state index contributed by atoms with van der Waals surface area (Å²) < 4.78 is 33.8. The first kappa shape index (κ1) is 21.8. The van der Waals surface area contributed by atoms with Gasteiger partial charge in [0, 0.05) is 23.5 Å². The van der Waals surface area contributed by atoms with E-state index in [4.69, 9.17) is 4.74 Å². The second kappa shape index (κ2) is 9.28. The number of halogens is 1. The van der Waals surface area contributed by atoms with E-state index in [0.717, 1.165) is 15.7 Å². The maximum atomic E-state index is 13.0. The summed E-state index contributed by atoms with van der Waals surface area (Å²) in [7, 11) is -3.59. The van der Waals surface area contributed by atoms with Gasteiger partial charge in [-0.25, -0.2) is 8.42 Å². The Morgan fingerprint density at radius 1 is 1.21 bits per heavy atom. The van der Waals surface area contributed by atoms with Crippen LogP contribution < -0.4 is 10.1 Å². The number of ether oxygens (including phenoxy) is 1. The number of para-hydroxylation sites is 1. The van der Waals surface area contributed by atoms with Crippen LogP contribution in [0.25, 0.3) is 0 Å². The van der Waals surface area contributed by atoms with Crippen molar-refractivity contribution in [3.8, 4) is 5.75 Å². The number of rotatable bonds is 6. The number of hydrogen-bond donors (Lipinski definition) is 1. The minimum atomic E-state index is -3.59. The average molecular weight is 481 g/mol. The molecule has 0 aliphatic carbocycles. The van der Waals surface area contributed by atoms with Gasteiger partial charge in [-0.05, 0) is 78.5 Å². The summed E-state index contributed by atoms with van der Waals surface area (Å²) in [4.78, 5) is 12.8. The highest BCUT2D eigenvalue weighted by Gasteiger charge is 2.32. The number of piperidine rings is 1. The molecule has 0 aromatic heterocycles. The molecule has 29 heavy (non-hydrogen) atoms. The fourth-order valence-electron chi connectivity index (χ4n) is 3.40. The Labute approximate surface area is 180 Å². The summed E-state index contributed by atoms with van der Waals surface area (Å²) in [5.74, 6) is 0.399. The van der Waals surface area contributed by atoms with Gasteiger partial charge in [0.25, 0.3) is 0 Å². The number of nitrogens with zero attached hydrogens (tertiary/aromatic N) is 1. The van der Waals surface area contributed by atoms with Gasteiger partial charge < -0.3 is 10.1 Å². The van der Waals surface area contributed by atoms with Crippen LogP contribution in [0.3, 0.4) is 0 Å². The Kier molecular flexibility index (Phi) is 6.97. The van der Waals surface area contributed by atoms with Gasteiger partial charge in [0.15, 0.2) is 0 Å². The van der Waals surface area contributed by atoms with Gasteiger partial charge in [-0.1, -0.05) is 12.1 Å². The highest BCUT2D eigenvalue weighted by molar-refractivity contribution is 9.10. The van der Waals surface area contributed by atoms with Crippen LogP contribution in [0.5, 0.6) is 5.75 Å². The van der Waals surface area contributed by atoms with Crippen molar-refractivity contribution in [1.29, 1.82) is 0 Å². The molecule has 0 unspecified atom stereocenters. The Bertz CT molecular complexity index is 986. The number of aryl methyl sites for hydroxylation is 1. The van der Waals surface area contributed by atoms with Gasteiger partial charge in [0.1, 0.15) is 5.75 Å². The summed E-state index contributed by atoms with van der Waals surface area (Å²) in [6.07, 6.45) is 0.983. The van der Waals surface area contributed by atoms with E-state index >= 15 is 0 Å². The normalized spacial score (nSPS) is 15.8. The van der Waals surface area contributed by atoms with Gasteiger partial charge in [0.2, 0.25) is 15.9 Å². The van der Waals surface area contributed by atoms with Crippen LogP contribution in [-0.2, 0) is 14.8 Å². The van der Waals surface area contributed by atoms with Crippen molar-refractivity contribution < 1.29 is 17.9 Å². The summed E-state index contributed by atoms with van der Waals surface area (Å²) in [5, 5.41) is 2.92. The zero-order chi connectivity index (χ0) is 21.0. The zero-order valence-electron chi connectivity index (χ0n) is 16.5. The predicted molar refractivity (Wildman–Crippen MR) is 117 cm³/mol. The minimum Gasteiger partial charge on any atom is -0.494 e. The van der Waals surface area contributed by atoms with Crippen molar-refractivity contribution in [1.82, 2.24) is 4.31 Å². The molecule has 0 radical (unpaired) electrons. The monoisotopic (exact) mass is 480 g/mol. The molecular formula is C21H25BrN2O4S. The van der Waals surface area contributed by atoms with Crippen LogP contribution in [0.2, 0.25) is 0 Å². The van der Waals surface area contributed by atoms with Crippen molar-refractivity contribution in [2.24, 2.45) is 5.92 Å². The molecule has 3 rings (SSSR count). The van der Waals surface area contributed by atoms with Crippen molar-refractivity contribution >= 4 is 37.5 Å². The summed E-state index contributed by atoms with van der Waals surface area (Å²) >= 11 is 3.42. The standard InChI is InChI=1S/C21H25BrN2O4S/c1-3-28-20-9-8-17(14-15(20)2)29(26,27)24-12-10-16(11-13-24)21(25)23-19-7-5-4-6-18(19)22/h4-9,14,16H,3,10-13H2,1-2H3,(H,23,25). The number of carbonyl (C=O) groups excluding carboxylic acids is 1. The Morgan fingerprint density at radius 2 is 1.90 bits per heavy atom. The maximum absolute atomic E-state index is 13.0. The lowest BCUT2D eigenvalue weighted by molar-refractivity contribution is -0.120. The van der Waals surface area contributed by atoms with Crippen LogP contribution in [0.4, 0.5) is 5.69 Å². The number of benzene rings is 2. The SMILES string of the molecule is CCOc1ccc(S(=O)(=O)N2CCC(C(=O)Nc3ccccc3Br)CC2)cc1C. The lowest BCUT2D eigenvalue weighted by atomic mass is 9.97. The first-order valence-electron chi connectivity index (χ1n) is 9.62. The van der Waals surface area contributed by atoms with E-state index in [-0.39, 0.29) is 16.7 Å². The van der Waals surface area contributed by atoms with Crippen LogP contribution in [0, 0.1) is 12.8 Å².